The van der Waals surface area contributed by atoms with Gasteiger partial charge in [-0.1, -0.05) is 48.6 Å². The number of hydrogen-bond acceptors (Lipinski definition) is 4. The number of benzene rings is 2. The standard InChI is InChI=1S/C28H34O4S/c1-17(2)9-21-13-25(14-22(27(21)29)10-18(3)4)33(31,32)26-15-23(11-19(5)6)28(30)24(16-26)12-20(7)8/h13-16,29-30H,1,3,5,7,9-12H2,2,4,6,8H3. The highest BCUT2D eigenvalue weighted by Gasteiger charge is 2.24. The van der Waals surface area contributed by atoms with E-state index >= 15 is 0 Å². The molecule has 0 atom stereocenters. The molecule has 0 bridgehead atoms. The first-order chi connectivity index (χ1) is 15.2. The lowest BCUT2D eigenvalue weighted by molar-refractivity contribution is 0.462. The van der Waals surface area contributed by atoms with Gasteiger partial charge in [-0.15, -0.1) is 0 Å². The smallest absolute Gasteiger partial charge is 0.206 e. The molecule has 33 heavy (non-hydrogen) atoms. The molecule has 5 heteroatoms. The molecule has 176 valence electrons. The highest BCUT2D eigenvalue weighted by Crippen LogP contribution is 2.36. The second kappa shape index (κ2) is 10.3. The Labute approximate surface area is 198 Å². The molecule has 0 unspecified atom stereocenters. The van der Waals surface area contributed by atoms with E-state index in [-0.39, 0.29) is 21.3 Å². The van der Waals surface area contributed by atoms with Gasteiger partial charge in [-0.3, -0.25) is 0 Å². The van der Waals surface area contributed by atoms with Gasteiger partial charge in [0.2, 0.25) is 9.84 Å². The van der Waals surface area contributed by atoms with Crippen LogP contribution in [0.25, 0.3) is 0 Å². The summed E-state index contributed by atoms with van der Waals surface area (Å²) < 4.78 is 27.5. The largest absolute Gasteiger partial charge is 0.507 e. The summed E-state index contributed by atoms with van der Waals surface area (Å²) in [4.78, 5) is 0.169. The van der Waals surface area contributed by atoms with Crippen LogP contribution in [0.15, 0.2) is 82.7 Å². The molecular weight excluding hydrogens is 432 g/mol. The third-order valence-corrected chi connectivity index (χ3v) is 6.78. The van der Waals surface area contributed by atoms with Crippen LogP contribution in [0.2, 0.25) is 0 Å². The maximum Gasteiger partial charge on any atom is 0.206 e. The van der Waals surface area contributed by atoms with Gasteiger partial charge in [0.05, 0.1) is 9.79 Å². The molecule has 2 aromatic carbocycles. The Morgan fingerprint density at radius 1 is 0.606 bits per heavy atom. The van der Waals surface area contributed by atoms with Gasteiger partial charge < -0.3 is 10.2 Å². The van der Waals surface area contributed by atoms with Crippen molar-refractivity contribution in [2.24, 2.45) is 0 Å². The van der Waals surface area contributed by atoms with E-state index < -0.39 is 9.84 Å². The van der Waals surface area contributed by atoms with Gasteiger partial charge in [0, 0.05) is 0 Å². The van der Waals surface area contributed by atoms with E-state index in [1.807, 2.05) is 27.7 Å². The highest BCUT2D eigenvalue weighted by molar-refractivity contribution is 7.91. The summed E-state index contributed by atoms with van der Waals surface area (Å²) in [6, 6.07) is 6.02. The molecule has 2 aromatic rings. The molecule has 0 heterocycles. The fourth-order valence-electron chi connectivity index (χ4n) is 3.74. The van der Waals surface area contributed by atoms with Crippen molar-refractivity contribution in [1.82, 2.24) is 0 Å². The highest BCUT2D eigenvalue weighted by atomic mass is 32.2. The van der Waals surface area contributed by atoms with Gasteiger partial charge in [-0.2, -0.15) is 0 Å². The SMILES string of the molecule is C=C(C)Cc1cc(S(=O)(=O)c2cc(CC(=C)C)c(O)c(CC(=C)C)c2)cc(CC(=C)C)c1O. The Kier molecular flexibility index (Phi) is 8.15. The second-order valence-electron chi connectivity index (χ2n) is 9.22. The predicted molar refractivity (Wildman–Crippen MR) is 136 cm³/mol. The quantitative estimate of drug-likeness (QED) is 0.397. The summed E-state index contributed by atoms with van der Waals surface area (Å²) in [5.41, 5.74) is 5.23. The van der Waals surface area contributed by atoms with Gasteiger partial charge in [-0.05, 0) is 99.9 Å². The summed E-state index contributed by atoms with van der Waals surface area (Å²) in [6.45, 7) is 22.9. The molecule has 4 nitrogen and oxygen atoms in total. The monoisotopic (exact) mass is 466 g/mol. The first-order valence-corrected chi connectivity index (χ1v) is 12.2. The van der Waals surface area contributed by atoms with Crippen LogP contribution >= 0.6 is 0 Å². The first-order valence-electron chi connectivity index (χ1n) is 10.7. The molecule has 2 N–H and O–H groups in total. The summed E-state index contributed by atoms with van der Waals surface area (Å²) >= 11 is 0. The van der Waals surface area contributed by atoms with E-state index in [2.05, 4.69) is 26.3 Å². The van der Waals surface area contributed by atoms with Crippen molar-refractivity contribution < 1.29 is 18.6 Å². The van der Waals surface area contributed by atoms with E-state index in [0.29, 0.717) is 47.9 Å². The van der Waals surface area contributed by atoms with E-state index in [4.69, 9.17) is 0 Å². The summed E-state index contributed by atoms with van der Waals surface area (Å²) in [6.07, 6.45) is 1.43. The van der Waals surface area contributed by atoms with Crippen LogP contribution in [0.5, 0.6) is 11.5 Å². The van der Waals surface area contributed by atoms with E-state index in [0.717, 1.165) is 22.3 Å². The molecule has 0 aliphatic heterocycles. The van der Waals surface area contributed by atoms with E-state index in [1.54, 1.807) is 0 Å². The predicted octanol–water partition coefficient (Wildman–Crippen LogP) is 6.41. The minimum absolute atomic E-state index is 0.0663. The lowest BCUT2D eigenvalue weighted by Crippen LogP contribution is -2.07. The van der Waals surface area contributed by atoms with Crippen LogP contribution in [0.3, 0.4) is 0 Å². The Hall–Kier alpha value is -3.05. The summed E-state index contributed by atoms with van der Waals surface area (Å²) in [5.74, 6) is 0.133. The third-order valence-electron chi connectivity index (χ3n) is 5.07. The molecule has 0 amide bonds. The minimum atomic E-state index is -3.95. The molecule has 0 spiro atoms. The van der Waals surface area contributed by atoms with Gasteiger partial charge in [0.1, 0.15) is 11.5 Å². The van der Waals surface area contributed by atoms with Gasteiger partial charge in [0.15, 0.2) is 0 Å². The average molecular weight is 467 g/mol. The Morgan fingerprint density at radius 3 is 1.00 bits per heavy atom. The van der Waals surface area contributed by atoms with Crippen molar-refractivity contribution in [1.29, 1.82) is 0 Å². The molecule has 0 radical (unpaired) electrons. The van der Waals surface area contributed by atoms with Crippen LogP contribution in [0.1, 0.15) is 49.9 Å². The molecule has 2 rings (SSSR count). The number of aromatic hydroxyl groups is 2. The number of hydrogen-bond donors (Lipinski definition) is 2. The number of sulfone groups is 1. The Balaban J connectivity index is 2.78. The zero-order valence-corrected chi connectivity index (χ0v) is 20.9. The Bertz CT molecular complexity index is 1080. The lowest BCUT2D eigenvalue weighted by atomic mass is 9.99. The average Bonchev–Trinajstić information content (AvgIpc) is 2.66. The zero-order chi connectivity index (χ0) is 25.1. The van der Waals surface area contributed by atoms with E-state index in [1.165, 1.54) is 24.3 Å². The molecule has 0 saturated heterocycles. The maximum absolute atomic E-state index is 13.8. The minimum Gasteiger partial charge on any atom is -0.507 e. The number of rotatable bonds is 10. The van der Waals surface area contributed by atoms with Crippen molar-refractivity contribution in [2.45, 2.75) is 63.2 Å². The molecule has 0 aromatic heterocycles. The molecule has 0 saturated carbocycles. The summed E-state index contributed by atoms with van der Waals surface area (Å²) in [7, 11) is -3.95. The molecular formula is C28H34O4S. The molecule has 0 aliphatic rings. The van der Waals surface area contributed by atoms with Crippen molar-refractivity contribution in [3.63, 3.8) is 0 Å². The summed E-state index contributed by atoms with van der Waals surface area (Å²) in [5, 5.41) is 21.5. The van der Waals surface area contributed by atoms with Crippen LogP contribution in [-0.4, -0.2) is 18.6 Å². The van der Waals surface area contributed by atoms with Crippen LogP contribution in [0.4, 0.5) is 0 Å². The fraction of sp³-hybridized carbons (Fsp3) is 0.286. The van der Waals surface area contributed by atoms with Crippen molar-refractivity contribution in [3.8, 4) is 11.5 Å². The van der Waals surface area contributed by atoms with Crippen LogP contribution in [-0.2, 0) is 35.5 Å². The lowest BCUT2D eigenvalue weighted by Gasteiger charge is -2.16. The van der Waals surface area contributed by atoms with Gasteiger partial charge in [0.25, 0.3) is 0 Å². The van der Waals surface area contributed by atoms with Gasteiger partial charge in [-0.25, -0.2) is 8.42 Å². The molecule has 0 aliphatic carbocycles. The van der Waals surface area contributed by atoms with E-state index in [9.17, 15) is 18.6 Å². The fourth-order valence-corrected chi connectivity index (χ4v) is 5.20. The zero-order valence-electron chi connectivity index (χ0n) is 20.1. The number of phenols is 2. The second-order valence-corrected chi connectivity index (χ2v) is 11.2. The third kappa shape index (κ3) is 6.48. The Morgan fingerprint density at radius 2 is 0.818 bits per heavy atom. The molecule has 0 fully saturated rings. The topological polar surface area (TPSA) is 74.6 Å². The number of phenolic OH excluding ortho intramolecular Hbond substituents is 2. The van der Waals surface area contributed by atoms with Crippen molar-refractivity contribution >= 4 is 9.84 Å². The van der Waals surface area contributed by atoms with Gasteiger partial charge >= 0.3 is 0 Å². The maximum atomic E-state index is 13.8. The normalized spacial score (nSPS) is 11.3. The van der Waals surface area contributed by atoms with Crippen LogP contribution < -0.4 is 0 Å². The first kappa shape index (κ1) is 26.2. The van der Waals surface area contributed by atoms with Crippen molar-refractivity contribution in [2.75, 3.05) is 0 Å². The van der Waals surface area contributed by atoms with Crippen molar-refractivity contribution in [3.05, 3.63) is 95.1 Å². The van der Waals surface area contributed by atoms with Crippen LogP contribution in [0, 0.1) is 0 Å². The number of allylic oxidation sites excluding steroid dienone is 4.